The summed E-state index contributed by atoms with van der Waals surface area (Å²) >= 11 is 1.20. The lowest BCUT2D eigenvalue weighted by Gasteiger charge is -2.38. The number of Topliss-reactive ketones (excluding diaryl/α,β-unsaturated/α-hetero) is 1. The minimum Gasteiger partial charge on any atom is -0.393 e. The van der Waals surface area contributed by atoms with Gasteiger partial charge in [0.05, 0.1) is 27.4 Å². The number of aliphatic hydroxyl groups excluding tert-OH is 1. The summed E-state index contributed by atoms with van der Waals surface area (Å²) in [6.45, 7) is 1.49. The number of carbonyl (C=O) groups excluding carboxylic acids is 2. The minimum absolute atomic E-state index is 0.0450. The van der Waals surface area contributed by atoms with E-state index in [4.69, 9.17) is 0 Å². The van der Waals surface area contributed by atoms with E-state index in [1.165, 1.54) is 18.3 Å². The third-order valence-corrected chi connectivity index (χ3v) is 6.24. The lowest BCUT2D eigenvalue weighted by molar-refractivity contribution is 0.0235. The molecule has 2 heterocycles. The van der Waals surface area contributed by atoms with Crippen molar-refractivity contribution in [1.29, 1.82) is 0 Å². The van der Waals surface area contributed by atoms with Gasteiger partial charge in [0.2, 0.25) is 0 Å². The van der Waals surface area contributed by atoms with Gasteiger partial charge in [-0.05, 0) is 55.5 Å². The number of hydrogen-bond donors (Lipinski definition) is 2. The Morgan fingerprint density at radius 2 is 1.93 bits per heavy atom. The molecule has 0 aliphatic heterocycles. The predicted octanol–water partition coefficient (Wildman–Crippen LogP) is 3.74. The van der Waals surface area contributed by atoms with Gasteiger partial charge < -0.3 is 10.4 Å². The normalized spacial score (nSPS) is 20.1. The average molecular weight is 380 g/mol. The lowest BCUT2D eigenvalue weighted by Crippen LogP contribution is -2.41. The zero-order valence-corrected chi connectivity index (χ0v) is 15.7. The number of benzene rings is 1. The first-order valence-corrected chi connectivity index (χ1v) is 9.77. The second-order valence-electron chi connectivity index (χ2n) is 7.02. The number of carbonyl (C=O) groups is 2. The fraction of sp³-hybridized carbons (Fsp3) is 0.286. The summed E-state index contributed by atoms with van der Waals surface area (Å²) < 4.78 is 0. The zero-order valence-electron chi connectivity index (χ0n) is 14.9. The van der Waals surface area contributed by atoms with Crippen LogP contribution in [0.25, 0.3) is 10.9 Å². The van der Waals surface area contributed by atoms with Gasteiger partial charge in [-0.1, -0.05) is 18.2 Å². The van der Waals surface area contributed by atoms with Crippen molar-refractivity contribution in [3.05, 3.63) is 64.0 Å². The Bertz CT molecular complexity index is 1010. The van der Waals surface area contributed by atoms with Crippen LogP contribution in [0.2, 0.25) is 0 Å². The third kappa shape index (κ3) is 3.63. The molecule has 1 aromatic carbocycles. The standard InChI is InChI=1S/C21H20N2O3S/c1-12(24)18-6-7-19(27-18)21(26)23-20(14-9-16(25)10-14)15-8-13-4-2-3-5-17(13)22-11-15/h2-8,11,14,16,20,25H,9-10H2,1H3,(H,23,26). The van der Waals surface area contributed by atoms with Crippen LogP contribution in [-0.4, -0.2) is 27.9 Å². The van der Waals surface area contributed by atoms with Crippen molar-refractivity contribution in [3.63, 3.8) is 0 Å². The second-order valence-corrected chi connectivity index (χ2v) is 8.10. The average Bonchev–Trinajstić information content (AvgIpc) is 3.14. The fourth-order valence-corrected chi connectivity index (χ4v) is 4.30. The quantitative estimate of drug-likeness (QED) is 0.661. The van der Waals surface area contributed by atoms with E-state index in [2.05, 4.69) is 10.3 Å². The van der Waals surface area contributed by atoms with E-state index < -0.39 is 0 Å². The lowest BCUT2D eigenvalue weighted by atomic mass is 9.75. The molecule has 0 bridgehead atoms. The molecule has 1 saturated carbocycles. The number of thiophene rings is 1. The first kappa shape index (κ1) is 17.8. The molecule has 1 aliphatic rings. The van der Waals surface area contributed by atoms with Gasteiger partial charge in [-0.15, -0.1) is 11.3 Å². The maximum absolute atomic E-state index is 12.8. The number of pyridine rings is 1. The highest BCUT2D eigenvalue weighted by molar-refractivity contribution is 7.15. The van der Waals surface area contributed by atoms with Crippen LogP contribution >= 0.6 is 11.3 Å². The first-order valence-electron chi connectivity index (χ1n) is 8.95. The molecule has 0 spiro atoms. The van der Waals surface area contributed by atoms with Crippen molar-refractivity contribution < 1.29 is 14.7 Å². The molecular weight excluding hydrogens is 360 g/mol. The molecule has 1 atom stereocenters. The van der Waals surface area contributed by atoms with Crippen LogP contribution in [-0.2, 0) is 0 Å². The van der Waals surface area contributed by atoms with Crippen molar-refractivity contribution in [2.75, 3.05) is 0 Å². The minimum atomic E-state index is -0.311. The largest absolute Gasteiger partial charge is 0.393 e. The van der Waals surface area contributed by atoms with Crippen LogP contribution in [0, 0.1) is 5.92 Å². The summed E-state index contributed by atoms with van der Waals surface area (Å²) in [5, 5.41) is 13.9. The summed E-state index contributed by atoms with van der Waals surface area (Å²) in [5.41, 5.74) is 1.84. The molecule has 5 nitrogen and oxygen atoms in total. The highest BCUT2D eigenvalue weighted by atomic mass is 32.1. The maximum Gasteiger partial charge on any atom is 0.261 e. The molecule has 27 heavy (non-hydrogen) atoms. The number of nitrogens with one attached hydrogen (secondary N) is 1. The summed E-state index contributed by atoms with van der Waals surface area (Å²) in [6, 6.07) is 13.1. The summed E-state index contributed by atoms with van der Waals surface area (Å²) in [5.74, 6) is -0.0809. The Hall–Kier alpha value is -2.57. The number of para-hydroxylation sites is 1. The maximum atomic E-state index is 12.8. The third-order valence-electron chi connectivity index (χ3n) is 5.06. The van der Waals surface area contributed by atoms with Gasteiger partial charge in [-0.25, -0.2) is 0 Å². The smallest absolute Gasteiger partial charge is 0.261 e. The molecular formula is C21H20N2O3S. The van der Waals surface area contributed by atoms with E-state index in [9.17, 15) is 14.7 Å². The van der Waals surface area contributed by atoms with Gasteiger partial charge >= 0.3 is 0 Å². The van der Waals surface area contributed by atoms with Gasteiger partial charge in [0.1, 0.15) is 0 Å². The monoisotopic (exact) mass is 380 g/mol. The number of amides is 1. The van der Waals surface area contributed by atoms with E-state index in [1.807, 2.05) is 30.3 Å². The summed E-state index contributed by atoms with van der Waals surface area (Å²) in [7, 11) is 0. The Kier molecular flexibility index (Phi) is 4.76. The molecule has 1 fully saturated rings. The number of aliphatic hydroxyl groups is 1. The first-order chi connectivity index (χ1) is 13.0. The molecule has 0 saturated heterocycles. The molecule has 0 radical (unpaired) electrons. The van der Waals surface area contributed by atoms with Gasteiger partial charge in [0, 0.05) is 11.6 Å². The van der Waals surface area contributed by atoms with Crippen LogP contribution in [0.3, 0.4) is 0 Å². The predicted molar refractivity (Wildman–Crippen MR) is 105 cm³/mol. The SMILES string of the molecule is CC(=O)c1ccc(C(=O)NC(c2cnc3ccccc3c2)C2CC(O)C2)s1. The number of hydrogen-bond acceptors (Lipinski definition) is 5. The van der Waals surface area contributed by atoms with Crippen molar-refractivity contribution in [2.24, 2.45) is 5.92 Å². The molecule has 3 aromatic rings. The van der Waals surface area contributed by atoms with Crippen LogP contribution < -0.4 is 5.32 Å². The number of ketones is 1. The fourth-order valence-electron chi connectivity index (χ4n) is 3.50. The summed E-state index contributed by atoms with van der Waals surface area (Å²) in [4.78, 5) is 29.8. The molecule has 4 rings (SSSR count). The molecule has 1 aliphatic carbocycles. The zero-order chi connectivity index (χ0) is 19.0. The second kappa shape index (κ2) is 7.21. The van der Waals surface area contributed by atoms with Crippen LogP contribution in [0.5, 0.6) is 0 Å². The molecule has 1 unspecified atom stereocenters. The van der Waals surface area contributed by atoms with Crippen molar-refractivity contribution in [2.45, 2.75) is 31.9 Å². The van der Waals surface area contributed by atoms with E-state index in [-0.39, 0.29) is 29.8 Å². The van der Waals surface area contributed by atoms with Crippen molar-refractivity contribution in [1.82, 2.24) is 10.3 Å². The van der Waals surface area contributed by atoms with Gasteiger partial charge in [0.25, 0.3) is 5.91 Å². The van der Waals surface area contributed by atoms with E-state index in [1.54, 1.807) is 18.3 Å². The molecule has 6 heteroatoms. The number of nitrogens with zero attached hydrogens (tertiary/aromatic N) is 1. The highest BCUT2D eigenvalue weighted by Crippen LogP contribution is 2.38. The molecule has 138 valence electrons. The summed E-state index contributed by atoms with van der Waals surface area (Å²) in [6.07, 6.45) is 2.80. The Labute approximate surface area is 161 Å². The molecule has 2 aromatic heterocycles. The molecule has 1 amide bonds. The van der Waals surface area contributed by atoms with E-state index >= 15 is 0 Å². The molecule has 2 N–H and O–H groups in total. The topological polar surface area (TPSA) is 79.3 Å². The highest BCUT2D eigenvalue weighted by Gasteiger charge is 2.36. The Balaban J connectivity index is 1.62. The van der Waals surface area contributed by atoms with Crippen LogP contribution in [0.15, 0.2) is 48.7 Å². The van der Waals surface area contributed by atoms with Gasteiger partial charge in [0.15, 0.2) is 5.78 Å². The van der Waals surface area contributed by atoms with E-state index in [0.29, 0.717) is 22.6 Å². The Morgan fingerprint density at radius 1 is 1.19 bits per heavy atom. The number of aromatic nitrogens is 1. The van der Waals surface area contributed by atoms with Gasteiger partial charge in [-0.3, -0.25) is 14.6 Å². The van der Waals surface area contributed by atoms with Crippen molar-refractivity contribution in [3.8, 4) is 0 Å². The van der Waals surface area contributed by atoms with Crippen molar-refractivity contribution >= 4 is 33.9 Å². The van der Waals surface area contributed by atoms with Crippen LogP contribution in [0.4, 0.5) is 0 Å². The van der Waals surface area contributed by atoms with Gasteiger partial charge in [-0.2, -0.15) is 0 Å². The number of rotatable bonds is 5. The van der Waals surface area contributed by atoms with Crippen LogP contribution in [0.1, 0.15) is 50.7 Å². The van der Waals surface area contributed by atoms with E-state index in [0.717, 1.165) is 16.5 Å². The number of fused-ring (bicyclic) bond motifs is 1. The Morgan fingerprint density at radius 3 is 2.63 bits per heavy atom.